The molecule has 212 valence electrons. The molecule has 1 aromatic carbocycles. The summed E-state index contributed by atoms with van der Waals surface area (Å²) in [6.07, 6.45) is -0.123. The Bertz CT molecular complexity index is 932. The van der Waals surface area contributed by atoms with Crippen LogP contribution in [0.15, 0.2) is 24.3 Å². The van der Waals surface area contributed by atoms with E-state index in [1.165, 1.54) is 38.5 Å². The van der Waals surface area contributed by atoms with Crippen LogP contribution in [0, 0.1) is 10.1 Å². The van der Waals surface area contributed by atoms with Crippen LogP contribution in [0.5, 0.6) is 5.75 Å². The van der Waals surface area contributed by atoms with Crippen molar-refractivity contribution in [3.05, 3.63) is 34.4 Å². The molecule has 0 radical (unpaired) electrons. The Labute approximate surface area is 231 Å². The summed E-state index contributed by atoms with van der Waals surface area (Å²) in [5.74, 6) is -0.614. The summed E-state index contributed by atoms with van der Waals surface area (Å²) in [4.78, 5) is 33.3. The van der Waals surface area contributed by atoms with Crippen LogP contribution in [0.2, 0.25) is 0 Å². The molecule has 1 aromatic rings. The average molecular weight is 622 g/mol. The van der Waals surface area contributed by atoms with E-state index in [1.807, 2.05) is 0 Å². The Morgan fingerprint density at radius 1 is 0.946 bits per heavy atom. The molecule has 1 rings (SSSR count). The summed E-state index contributed by atoms with van der Waals surface area (Å²) in [6, 6.07) is 5.62. The monoisotopic (exact) mass is 621 g/mol. The van der Waals surface area contributed by atoms with Crippen molar-refractivity contribution in [1.29, 1.82) is 0 Å². The Morgan fingerprint density at radius 3 is 1.86 bits per heavy atom. The molecular formula is C20H33NO11P2S3. The van der Waals surface area contributed by atoms with Crippen molar-refractivity contribution in [2.24, 2.45) is 0 Å². The van der Waals surface area contributed by atoms with E-state index >= 15 is 0 Å². The third-order valence-electron chi connectivity index (χ3n) is 3.75. The Kier molecular flexibility index (Phi) is 18.4. The molecule has 0 N–H and O–H groups in total. The van der Waals surface area contributed by atoms with Gasteiger partial charge in [-0.2, -0.15) is 0 Å². The number of esters is 2. The molecule has 0 aliphatic heterocycles. The van der Waals surface area contributed by atoms with Crippen LogP contribution < -0.4 is 4.52 Å². The van der Waals surface area contributed by atoms with E-state index in [0.717, 1.165) is 11.4 Å². The third kappa shape index (κ3) is 14.5. The minimum Gasteiger partial charge on any atom is -0.466 e. The molecule has 37 heavy (non-hydrogen) atoms. The first-order chi connectivity index (χ1) is 17.4. The van der Waals surface area contributed by atoms with Crippen LogP contribution in [0.3, 0.4) is 0 Å². The Morgan fingerprint density at radius 2 is 1.46 bits per heavy atom. The highest BCUT2D eigenvalue weighted by Gasteiger charge is 2.32. The van der Waals surface area contributed by atoms with E-state index in [2.05, 4.69) is 0 Å². The van der Waals surface area contributed by atoms with Crippen molar-refractivity contribution in [2.45, 2.75) is 39.4 Å². The molecule has 0 saturated carbocycles. The van der Waals surface area contributed by atoms with Gasteiger partial charge in [-0.05, 0) is 51.6 Å². The number of nitro groups is 1. The maximum atomic E-state index is 11.8. The van der Waals surface area contributed by atoms with Crippen molar-refractivity contribution in [3.63, 3.8) is 0 Å². The Balaban J connectivity index is 0.000000701. The van der Waals surface area contributed by atoms with E-state index in [1.54, 1.807) is 27.7 Å². The van der Waals surface area contributed by atoms with Gasteiger partial charge in [-0.25, -0.2) is 0 Å². The van der Waals surface area contributed by atoms with Crippen LogP contribution >= 0.6 is 23.8 Å². The minimum absolute atomic E-state index is 0.0107. The van der Waals surface area contributed by atoms with E-state index in [9.17, 15) is 19.7 Å². The first kappa shape index (κ1) is 35.9. The largest absolute Gasteiger partial charge is 0.466 e. The lowest BCUT2D eigenvalue weighted by molar-refractivity contribution is -0.384. The van der Waals surface area contributed by atoms with E-state index < -0.39 is 34.5 Å². The maximum absolute atomic E-state index is 11.8. The van der Waals surface area contributed by atoms with Gasteiger partial charge >= 0.3 is 18.7 Å². The van der Waals surface area contributed by atoms with Gasteiger partial charge in [0.15, 0.2) is 0 Å². The number of non-ortho nitro benzene ring substituents is 1. The number of carbonyl (C=O) groups excluding carboxylic acids is 2. The van der Waals surface area contributed by atoms with Crippen LogP contribution in [0.25, 0.3) is 0 Å². The van der Waals surface area contributed by atoms with Gasteiger partial charge in [0.25, 0.3) is 5.69 Å². The summed E-state index contributed by atoms with van der Waals surface area (Å²) in [7, 11) is 2.81. The summed E-state index contributed by atoms with van der Waals surface area (Å²) < 4.78 is 36.0. The number of benzene rings is 1. The highest BCUT2D eigenvalue weighted by atomic mass is 32.9. The summed E-state index contributed by atoms with van der Waals surface area (Å²) in [5.41, 5.74) is -2.66. The molecule has 0 fully saturated rings. The molecule has 0 aliphatic carbocycles. The Hall–Kier alpha value is -1.15. The SMILES string of the molecule is CCOC(=O)CC(SP(=S)(OC)OC)C(=O)OCC.CCOP(=S)(OCC)Oc1ccc([N+](=O)[O-])cc1. The molecular weight excluding hydrogens is 588 g/mol. The first-order valence-electron chi connectivity index (χ1n) is 11.0. The lowest BCUT2D eigenvalue weighted by Gasteiger charge is -2.21. The maximum Gasteiger partial charge on any atom is 0.380 e. The molecule has 1 unspecified atom stereocenters. The quantitative estimate of drug-likeness (QED) is 0.101. The van der Waals surface area contributed by atoms with Gasteiger partial charge in [-0.15, -0.1) is 0 Å². The molecule has 0 bridgehead atoms. The molecule has 0 spiro atoms. The normalized spacial score (nSPS) is 12.1. The average Bonchev–Trinajstić information content (AvgIpc) is 2.84. The van der Waals surface area contributed by atoms with E-state index in [4.69, 9.17) is 55.7 Å². The molecule has 0 aliphatic rings. The second-order valence-electron chi connectivity index (χ2n) is 6.29. The summed E-state index contributed by atoms with van der Waals surface area (Å²) in [6.45, 7) is 5.38. The standard InChI is InChI=1S/C10H14NO5PS.C10H19O6PS2/c1-3-14-17(18,15-4-2)16-10-7-5-9(6-8-10)11(12)13;1-5-15-9(11)7-8(10(12)16-6-2)19-17(18,13-3)14-4/h5-8H,3-4H2,1-2H3;8H,5-7H2,1-4H3. The molecule has 0 aromatic heterocycles. The second-order valence-corrected chi connectivity index (χ2v) is 15.8. The first-order valence-corrected chi connectivity index (χ1v) is 17.7. The molecule has 12 nitrogen and oxygen atoms in total. The van der Waals surface area contributed by atoms with Crippen molar-refractivity contribution < 1.29 is 46.6 Å². The van der Waals surface area contributed by atoms with Gasteiger partial charge in [0.05, 0.1) is 37.8 Å². The minimum atomic E-state index is -2.82. The molecule has 0 heterocycles. The highest BCUT2D eigenvalue weighted by molar-refractivity contribution is 8.68. The number of rotatable bonds is 16. The summed E-state index contributed by atoms with van der Waals surface area (Å²) in [5, 5.41) is 9.72. The smallest absolute Gasteiger partial charge is 0.380 e. The van der Waals surface area contributed by atoms with Crippen molar-refractivity contribution >= 4 is 65.0 Å². The third-order valence-corrected chi connectivity index (χ3v) is 12.1. The van der Waals surface area contributed by atoms with E-state index in [0.29, 0.717) is 19.0 Å². The lowest BCUT2D eigenvalue weighted by Crippen LogP contribution is -2.24. The van der Waals surface area contributed by atoms with Crippen molar-refractivity contribution in [2.75, 3.05) is 40.6 Å². The number of nitrogens with zero attached hydrogens (tertiary/aromatic N) is 1. The van der Waals surface area contributed by atoms with Gasteiger partial charge < -0.3 is 23.0 Å². The van der Waals surface area contributed by atoms with Crippen LogP contribution in [0.4, 0.5) is 5.69 Å². The molecule has 0 saturated heterocycles. The molecule has 0 amide bonds. The fraction of sp³-hybridized carbons (Fsp3) is 0.600. The number of hydrogen-bond donors (Lipinski definition) is 0. The predicted octanol–water partition coefficient (Wildman–Crippen LogP) is 5.39. The highest BCUT2D eigenvalue weighted by Crippen LogP contribution is 2.62. The molecule has 1 atom stereocenters. The van der Waals surface area contributed by atoms with Crippen LogP contribution in [-0.4, -0.2) is 62.8 Å². The lowest BCUT2D eigenvalue weighted by atomic mass is 10.3. The van der Waals surface area contributed by atoms with Gasteiger partial charge in [-0.3, -0.25) is 28.8 Å². The predicted molar refractivity (Wildman–Crippen MR) is 149 cm³/mol. The van der Waals surface area contributed by atoms with Gasteiger partial charge in [-0.1, -0.05) is 11.4 Å². The fourth-order valence-electron chi connectivity index (χ4n) is 2.25. The van der Waals surface area contributed by atoms with Crippen LogP contribution in [0.1, 0.15) is 34.1 Å². The van der Waals surface area contributed by atoms with Gasteiger partial charge in [0, 0.05) is 38.2 Å². The topological polar surface area (TPSA) is 142 Å². The van der Waals surface area contributed by atoms with Crippen molar-refractivity contribution in [1.82, 2.24) is 0 Å². The zero-order valence-corrected chi connectivity index (χ0v) is 25.7. The van der Waals surface area contributed by atoms with Crippen LogP contribution in [-0.2, 0) is 60.8 Å². The number of carbonyl (C=O) groups is 2. The fourth-order valence-corrected chi connectivity index (χ4v) is 8.20. The number of nitro benzene ring substituents is 1. The number of hydrogen-bond acceptors (Lipinski definition) is 14. The zero-order valence-electron chi connectivity index (χ0n) is 21.5. The van der Waals surface area contributed by atoms with Gasteiger partial charge in [0.1, 0.15) is 11.0 Å². The summed E-state index contributed by atoms with van der Waals surface area (Å²) >= 11 is 11.3. The number of ether oxygens (including phenoxy) is 2. The van der Waals surface area contributed by atoms with Crippen molar-refractivity contribution in [3.8, 4) is 5.75 Å². The van der Waals surface area contributed by atoms with Gasteiger partial charge in [0.2, 0.25) is 5.69 Å². The second kappa shape index (κ2) is 19.0. The zero-order chi connectivity index (χ0) is 28.5. The van der Waals surface area contributed by atoms with E-state index in [-0.39, 0.29) is 25.3 Å². The molecule has 17 heteroatoms.